The van der Waals surface area contributed by atoms with Gasteiger partial charge in [-0.25, -0.2) is 0 Å². The van der Waals surface area contributed by atoms with Gasteiger partial charge in [0.15, 0.2) is 22.4 Å². The Morgan fingerprint density at radius 1 is 0.830 bits per heavy atom. The summed E-state index contributed by atoms with van der Waals surface area (Å²) >= 11 is 0. The van der Waals surface area contributed by atoms with Crippen molar-refractivity contribution in [2.45, 2.75) is 123 Å². The van der Waals surface area contributed by atoms with Gasteiger partial charge in [-0.2, -0.15) is 0 Å². The van der Waals surface area contributed by atoms with Crippen molar-refractivity contribution in [3.05, 3.63) is 97.1 Å². The molecule has 1 atom stereocenters. The lowest BCUT2D eigenvalue weighted by Gasteiger charge is -2.40. The van der Waals surface area contributed by atoms with Gasteiger partial charge in [-0.15, -0.1) is 13.2 Å². The molecule has 0 saturated carbocycles. The molecule has 0 radical (unpaired) electrons. The van der Waals surface area contributed by atoms with Gasteiger partial charge in [-0.3, -0.25) is 4.79 Å². The first-order chi connectivity index (χ1) is 21.2. The number of allylic oxidation sites excluding steroid dienone is 1. The van der Waals surface area contributed by atoms with Gasteiger partial charge in [0.1, 0.15) is 0 Å². The van der Waals surface area contributed by atoms with Crippen molar-refractivity contribution in [2.24, 2.45) is 0 Å². The minimum absolute atomic E-state index is 0. The van der Waals surface area contributed by atoms with Crippen LogP contribution in [0, 0.1) is 0 Å². The predicted octanol–water partition coefficient (Wildman–Crippen LogP) is 10.1. The highest BCUT2D eigenvalue weighted by molar-refractivity contribution is 6.70. The maximum absolute atomic E-state index is 12.1. The third-order valence-electron chi connectivity index (χ3n) is 6.61. The first-order valence-electron chi connectivity index (χ1n) is 16.4. The summed E-state index contributed by atoms with van der Waals surface area (Å²) in [5.74, 6) is 0.147. The van der Waals surface area contributed by atoms with Crippen LogP contribution in [-0.2, 0) is 23.8 Å². The Morgan fingerprint density at radius 3 is 1.74 bits per heavy atom. The summed E-state index contributed by atoms with van der Waals surface area (Å²) in [5.41, 5.74) is 0.0219. The van der Waals surface area contributed by atoms with Crippen molar-refractivity contribution in [3.8, 4) is 0 Å². The van der Waals surface area contributed by atoms with E-state index < -0.39 is 22.2 Å². The molecule has 0 amide bonds. The fourth-order valence-electron chi connectivity index (χ4n) is 5.63. The van der Waals surface area contributed by atoms with Crippen LogP contribution in [0.1, 0.15) is 76.7 Å². The molecule has 3 rings (SSSR count). The average Bonchev–Trinajstić information content (AvgIpc) is 2.92. The van der Waals surface area contributed by atoms with E-state index in [1.807, 2.05) is 80.6 Å². The van der Waals surface area contributed by atoms with Crippen molar-refractivity contribution in [3.63, 3.8) is 0 Å². The van der Waals surface area contributed by atoms with Crippen LogP contribution in [0.25, 0.3) is 0 Å². The molecule has 1 aliphatic rings. The van der Waals surface area contributed by atoms with E-state index in [1.54, 1.807) is 6.08 Å². The van der Waals surface area contributed by atoms with E-state index in [4.69, 9.17) is 18.2 Å². The van der Waals surface area contributed by atoms with Gasteiger partial charge in [-0.05, 0) is 91.7 Å². The van der Waals surface area contributed by atoms with Crippen LogP contribution in [0.15, 0.2) is 86.0 Å². The number of carbonyl (C=O) groups is 1. The zero-order chi connectivity index (χ0) is 35.1. The number of carbonyl (C=O) groups excluding carboxylic acids is 1. The highest BCUT2D eigenvalue weighted by Gasteiger charge is 2.38. The van der Waals surface area contributed by atoms with Crippen LogP contribution in [0.3, 0.4) is 0 Å². The second kappa shape index (κ2) is 20.4. The van der Waals surface area contributed by atoms with E-state index in [0.717, 1.165) is 37.1 Å². The largest absolute Gasteiger partial charge is 0.460 e. The Balaban J connectivity index is 0.000000710. The molecule has 0 unspecified atom stereocenters. The lowest BCUT2D eigenvalue weighted by Crippen LogP contribution is -2.43. The summed E-state index contributed by atoms with van der Waals surface area (Å²) in [6, 6.07) is 19.2. The molecule has 47 heavy (non-hydrogen) atoms. The van der Waals surface area contributed by atoms with Crippen LogP contribution in [0.2, 0.25) is 45.6 Å². The fraction of sp³-hybridized carbons (Fsp3) is 0.553. The highest BCUT2D eigenvalue weighted by atomic mass is 28.4. The smallest absolute Gasteiger partial charge is 0.413 e. The van der Waals surface area contributed by atoms with Gasteiger partial charge >= 0.3 is 7.12 Å². The average molecular weight is 685 g/mol. The van der Waals surface area contributed by atoms with Crippen LogP contribution in [0.4, 0.5) is 0 Å². The number of ketones is 1. The molecular weight excluding hydrogens is 619 g/mol. The molecule has 0 aliphatic carbocycles. The van der Waals surface area contributed by atoms with Gasteiger partial charge in [0, 0.05) is 31.6 Å². The molecular formula is C38H65BO6Si2. The molecule has 2 aromatic rings. The van der Waals surface area contributed by atoms with Crippen molar-refractivity contribution in [2.75, 3.05) is 13.2 Å². The molecule has 1 saturated heterocycles. The topological polar surface area (TPSA) is 74.2 Å². The van der Waals surface area contributed by atoms with E-state index in [-0.39, 0.29) is 31.5 Å². The molecule has 9 heteroatoms. The Bertz CT molecular complexity index is 1170. The number of benzene rings is 2. The SMILES string of the molecule is C.C=CCB1OCCCO1.C=CC[C@](O)(CC(C)(C)O[Si](C)(C)C)c1ccccc1.CC(C)(CC(=O)c1ccccc1)O[Si](C)(C)C. The quantitative estimate of drug-likeness (QED) is 0.121. The van der Waals surface area contributed by atoms with Crippen LogP contribution in [-0.4, -0.2) is 59.1 Å². The van der Waals surface area contributed by atoms with Crippen molar-refractivity contribution < 1.29 is 28.1 Å². The van der Waals surface area contributed by atoms with E-state index in [9.17, 15) is 9.90 Å². The van der Waals surface area contributed by atoms with E-state index in [0.29, 0.717) is 19.3 Å². The van der Waals surface area contributed by atoms with Gasteiger partial charge in [0.25, 0.3) is 0 Å². The van der Waals surface area contributed by atoms with Crippen LogP contribution >= 0.6 is 0 Å². The van der Waals surface area contributed by atoms with Gasteiger partial charge in [0.2, 0.25) is 0 Å². The molecule has 1 N–H and O–H groups in total. The Kier molecular flexibility index (Phi) is 19.5. The third-order valence-corrected chi connectivity index (χ3v) is 8.94. The number of rotatable bonds is 14. The molecule has 2 aromatic carbocycles. The zero-order valence-electron chi connectivity index (χ0n) is 30.4. The van der Waals surface area contributed by atoms with E-state index >= 15 is 0 Å². The summed E-state index contributed by atoms with van der Waals surface area (Å²) in [7, 11) is -3.28. The number of hydrogen-bond acceptors (Lipinski definition) is 6. The molecule has 1 fully saturated rings. The monoisotopic (exact) mass is 684 g/mol. The standard InChI is InChI=1S/C17H28O2Si.C14H22O2Si.C6H11BO2.CH4/c1-7-13-17(18,15-11-9-8-10-12-15)14-16(2,3)19-20(4,5)6;1-14(2,16-17(3,4)5)11-13(15)12-9-7-6-8-10-12;1-2-4-7-8-5-3-6-9-7;/h7-12,18H,1,13-14H2,2-6H3;6-10H,11H2,1-5H3;2H,1,3-6H2;1H4/t17-;;;/m0.../s1. The summed E-state index contributed by atoms with van der Waals surface area (Å²) < 4.78 is 22.7. The minimum atomic E-state index is -1.65. The van der Waals surface area contributed by atoms with Crippen LogP contribution in [0.5, 0.6) is 0 Å². The first-order valence-corrected chi connectivity index (χ1v) is 23.2. The Labute approximate surface area is 290 Å². The lowest BCUT2D eigenvalue weighted by molar-refractivity contribution is -0.0406. The third kappa shape index (κ3) is 20.1. The molecule has 264 valence electrons. The van der Waals surface area contributed by atoms with Crippen LogP contribution < -0.4 is 0 Å². The second-order valence-electron chi connectivity index (χ2n) is 15.0. The maximum atomic E-state index is 12.1. The molecule has 0 aromatic heterocycles. The van der Waals surface area contributed by atoms with E-state index in [2.05, 4.69) is 66.3 Å². The maximum Gasteiger partial charge on any atom is 0.460 e. The van der Waals surface area contributed by atoms with Crippen molar-refractivity contribution in [1.82, 2.24) is 0 Å². The fourth-order valence-corrected chi connectivity index (χ4v) is 9.09. The highest BCUT2D eigenvalue weighted by Crippen LogP contribution is 2.36. The molecule has 0 bridgehead atoms. The Morgan fingerprint density at radius 2 is 1.30 bits per heavy atom. The summed E-state index contributed by atoms with van der Waals surface area (Å²) in [6.07, 6.45) is 6.93. The Hall–Kier alpha value is -2.11. The van der Waals surface area contributed by atoms with Gasteiger partial charge in [-0.1, -0.05) is 80.2 Å². The lowest BCUT2D eigenvalue weighted by atomic mass is 9.81. The van der Waals surface area contributed by atoms with E-state index in [1.165, 1.54) is 0 Å². The normalized spacial score (nSPS) is 15.0. The minimum Gasteiger partial charge on any atom is -0.413 e. The predicted molar refractivity (Wildman–Crippen MR) is 206 cm³/mol. The summed E-state index contributed by atoms with van der Waals surface area (Å²) in [6.45, 7) is 30.1. The van der Waals surface area contributed by atoms with Gasteiger partial charge < -0.3 is 23.3 Å². The molecule has 1 aliphatic heterocycles. The van der Waals surface area contributed by atoms with Crippen molar-refractivity contribution >= 4 is 29.5 Å². The first kappa shape index (κ1) is 44.9. The number of hydrogen-bond donors (Lipinski definition) is 1. The molecule has 1 heterocycles. The molecule has 6 nitrogen and oxygen atoms in total. The molecule has 0 spiro atoms. The summed E-state index contributed by atoms with van der Waals surface area (Å²) in [4.78, 5) is 12.1. The number of aliphatic hydroxyl groups is 1. The number of Topliss-reactive ketones (excluding diaryl/α,β-unsaturated/α-hetero) is 1. The van der Waals surface area contributed by atoms with Crippen molar-refractivity contribution in [1.29, 1.82) is 0 Å². The summed E-state index contributed by atoms with van der Waals surface area (Å²) in [5, 5.41) is 11.1. The zero-order valence-corrected chi connectivity index (χ0v) is 32.4. The second-order valence-corrected chi connectivity index (χ2v) is 23.9. The van der Waals surface area contributed by atoms with Gasteiger partial charge in [0.05, 0.1) is 16.8 Å².